The summed E-state index contributed by atoms with van der Waals surface area (Å²) in [5.74, 6) is -0.605. The van der Waals surface area contributed by atoms with Crippen molar-refractivity contribution < 1.29 is 14.6 Å². The van der Waals surface area contributed by atoms with Gasteiger partial charge in [0.2, 0.25) is 0 Å². The summed E-state index contributed by atoms with van der Waals surface area (Å²) in [5, 5.41) is 8.96. The summed E-state index contributed by atoms with van der Waals surface area (Å²) in [4.78, 5) is 10.7. The van der Waals surface area contributed by atoms with Crippen LogP contribution in [0, 0.1) is 0 Å². The van der Waals surface area contributed by atoms with Gasteiger partial charge in [-0.3, -0.25) is 0 Å². The van der Waals surface area contributed by atoms with Crippen LogP contribution in [0.1, 0.15) is 13.3 Å². The second-order valence-electron chi connectivity index (χ2n) is 2.59. The van der Waals surface area contributed by atoms with Gasteiger partial charge in [0.1, 0.15) is 6.10 Å². The highest BCUT2D eigenvalue weighted by Crippen LogP contribution is 2.12. The Balaban J connectivity index is 2.57. The summed E-state index contributed by atoms with van der Waals surface area (Å²) in [6, 6.07) is -0.462. The molecule has 1 fully saturated rings. The lowest BCUT2D eigenvalue weighted by Crippen LogP contribution is -2.49. The molecule has 1 saturated heterocycles. The molecule has 1 rings (SSSR count). The van der Waals surface area contributed by atoms with Crippen LogP contribution in [0.25, 0.3) is 0 Å². The molecule has 0 aliphatic carbocycles. The first-order chi connectivity index (χ1) is 4.61. The Morgan fingerprint density at radius 2 is 2.40 bits per heavy atom. The average molecular weight is 145 g/mol. The van der Waals surface area contributed by atoms with Crippen LogP contribution in [0.15, 0.2) is 0 Å². The molecule has 0 aromatic carbocycles. The van der Waals surface area contributed by atoms with E-state index in [1.807, 2.05) is 0 Å². The van der Waals surface area contributed by atoms with Crippen molar-refractivity contribution in [1.29, 1.82) is 0 Å². The molecule has 0 spiro atoms. The molecule has 0 radical (unpaired) electrons. The number of hydrogen-bond acceptors (Lipinski definition) is 4. The van der Waals surface area contributed by atoms with Crippen molar-refractivity contribution in [1.82, 2.24) is 0 Å². The molecule has 1 aliphatic rings. The summed E-state index contributed by atoms with van der Waals surface area (Å²) < 4.78 is 4.70. The molecule has 1 heterocycles. The average Bonchev–Trinajstić information content (AvgIpc) is 1.82. The second-order valence-corrected chi connectivity index (χ2v) is 2.59. The van der Waals surface area contributed by atoms with Crippen molar-refractivity contribution in [3.8, 4) is 0 Å². The predicted octanol–water partition coefficient (Wildman–Crippen LogP) is -0.990. The van der Waals surface area contributed by atoms with Crippen LogP contribution in [-0.2, 0) is 9.53 Å². The van der Waals surface area contributed by atoms with Crippen molar-refractivity contribution in [2.24, 2.45) is 5.73 Å². The Morgan fingerprint density at radius 1 is 1.80 bits per heavy atom. The maximum absolute atomic E-state index is 10.7. The molecule has 1 aliphatic heterocycles. The number of esters is 1. The highest BCUT2D eigenvalue weighted by atomic mass is 16.6. The normalized spacial score (nSPS) is 41.1. The number of carbonyl (C=O) groups is 1. The highest BCUT2D eigenvalue weighted by Gasteiger charge is 2.32. The lowest BCUT2D eigenvalue weighted by molar-refractivity contribution is -0.166. The third-order valence-corrected chi connectivity index (χ3v) is 1.57. The van der Waals surface area contributed by atoms with E-state index in [0.717, 1.165) is 0 Å². The van der Waals surface area contributed by atoms with Crippen molar-refractivity contribution in [2.45, 2.75) is 31.6 Å². The van der Waals surface area contributed by atoms with Crippen LogP contribution >= 0.6 is 0 Å². The zero-order valence-corrected chi connectivity index (χ0v) is 5.78. The molecule has 0 bridgehead atoms. The van der Waals surface area contributed by atoms with E-state index in [9.17, 15) is 4.79 Å². The molecule has 58 valence electrons. The summed E-state index contributed by atoms with van der Waals surface area (Å²) in [7, 11) is 0. The first-order valence-electron chi connectivity index (χ1n) is 3.25. The zero-order valence-electron chi connectivity index (χ0n) is 5.78. The van der Waals surface area contributed by atoms with Crippen LogP contribution < -0.4 is 5.73 Å². The van der Waals surface area contributed by atoms with Gasteiger partial charge in [-0.2, -0.15) is 0 Å². The van der Waals surface area contributed by atoms with Crippen molar-refractivity contribution in [3.63, 3.8) is 0 Å². The van der Waals surface area contributed by atoms with E-state index in [2.05, 4.69) is 0 Å². The Morgan fingerprint density at radius 3 is 2.90 bits per heavy atom. The zero-order chi connectivity index (χ0) is 7.72. The predicted molar refractivity (Wildman–Crippen MR) is 34.2 cm³/mol. The van der Waals surface area contributed by atoms with Gasteiger partial charge in [0, 0.05) is 12.5 Å². The molecule has 0 aromatic rings. The van der Waals surface area contributed by atoms with E-state index in [4.69, 9.17) is 15.6 Å². The van der Waals surface area contributed by atoms with Gasteiger partial charge in [-0.15, -0.1) is 0 Å². The molecule has 4 heteroatoms. The smallest absolute Gasteiger partial charge is 0.336 e. The first kappa shape index (κ1) is 7.50. The van der Waals surface area contributed by atoms with Crippen molar-refractivity contribution in [3.05, 3.63) is 0 Å². The van der Waals surface area contributed by atoms with Crippen LogP contribution in [0.2, 0.25) is 0 Å². The lowest BCUT2D eigenvalue weighted by Gasteiger charge is -2.27. The van der Waals surface area contributed by atoms with Gasteiger partial charge in [-0.1, -0.05) is 0 Å². The summed E-state index contributed by atoms with van der Waals surface area (Å²) in [6.07, 6.45) is -0.755. The van der Waals surface area contributed by atoms with Gasteiger partial charge in [0.25, 0.3) is 0 Å². The SMILES string of the molecule is CC1CC(N)C(O)C(=O)O1. The van der Waals surface area contributed by atoms with E-state index in [0.29, 0.717) is 6.42 Å². The third kappa shape index (κ3) is 1.27. The van der Waals surface area contributed by atoms with Crippen LogP contribution in [0.5, 0.6) is 0 Å². The highest BCUT2D eigenvalue weighted by molar-refractivity contribution is 5.76. The molecular formula is C6H11NO3. The van der Waals surface area contributed by atoms with Gasteiger partial charge in [-0.25, -0.2) is 4.79 Å². The maximum atomic E-state index is 10.7. The minimum absolute atomic E-state index is 0.161. The molecule has 3 unspecified atom stereocenters. The van der Waals surface area contributed by atoms with E-state index < -0.39 is 18.1 Å². The number of nitrogens with two attached hydrogens (primary N) is 1. The van der Waals surface area contributed by atoms with E-state index in [1.165, 1.54) is 0 Å². The third-order valence-electron chi connectivity index (χ3n) is 1.57. The molecule has 3 atom stereocenters. The number of aliphatic hydroxyl groups excluding tert-OH is 1. The largest absolute Gasteiger partial charge is 0.461 e. The van der Waals surface area contributed by atoms with Crippen LogP contribution in [-0.4, -0.2) is 29.3 Å². The van der Waals surface area contributed by atoms with Crippen molar-refractivity contribution in [2.75, 3.05) is 0 Å². The fraction of sp³-hybridized carbons (Fsp3) is 0.833. The number of cyclic esters (lactones) is 1. The van der Waals surface area contributed by atoms with Crippen LogP contribution in [0.4, 0.5) is 0 Å². The molecule has 4 nitrogen and oxygen atoms in total. The van der Waals surface area contributed by atoms with Crippen molar-refractivity contribution >= 4 is 5.97 Å². The van der Waals surface area contributed by atoms with Gasteiger partial charge < -0.3 is 15.6 Å². The number of rotatable bonds is 0. The first-order valence-corrected chi connectivity index (χ1v) is 3.25. The number of hydrogen-bond donors (Lipinski definition) is 2. The van der Waals surface area contributed by atoms with Gasteiger partial charge >= 0.3 is 5.97 Å². The molecule has 3 N–H and O–H groups in total. The molecule has 0 aromatic heterocycles. The Bertz CT molecular complexity index is 148. The Labute approximate surface area is 59.0 Å². The maximum Gasteiger partial charge on any atom is 0.336 e. The number of aliphatic hydroxyl groups is 1. The summed E-state index contributed by atoms with van der Waals surface area (Å²) in [6.45, 7) is 1.75. The van der Waals surface area contributed by atoms with Gasteiger partial charge in [-0.05, 0) is 6.92 Å². The Kier molecular flexibility index (Phi) is 1.92. The molecular weight excluding hydrogens is 134 g/mol. The number of carbonyl (C=O) groups excluding carboxylic acids is 1. The summed E-state index contributed by atoms with van der Waals surface area (Å²) in [5.41, 5.74) is 5.41. The molecule has 0 amide bonds. The summed E-state index contributed by atoms with van der Waals surface area (Å²) >= 11 is 0. The van der Waals surface area contributed by atoms with Crippen LogP contribution in [0.3, 0.4) is 0 Å². The topological polar surface area (TPSA) is 72.5 Å². The minimum atomic E-state index is -1.13. The monoisotopic (exact) mass is 145 g/mol. The standard InChI is InChI=1S/C6H11NO3/c1-3-2-4(7)5(8)6(9)10-3/h3-5,8H,2,7H2,1H3. The van der Waals surface area contributed by atoms with Gasteiger partial charge in [0.15, 0.2) is 6.10 Å². The van der Waals surface area contributed by atoms with E-state index in [-0.39, 0.29) is 6.10 Å². The van der Waals surface area contributed by atoms with E-state index >= 15 is 0 Å². The fourth-order valence-electron chi connectivity index (χ4n) is 1.00. The van der Waals surface area contributed by atoms with E-state index in [1.54, 1.807) is 6.92 Å². The Hall–Kier alpha value is -0.610. The van der Waals surface area contributed by atoms with Gasteiger partial charge in [0.05, 0.1) is 0 Å². The quantitative estimate of drug-likeness (QED) is 0.429. The second kappa shape index (κ2) is 2.56. The molecule has 10 heavy (non-hydrogen) atoms. The molecule has 0 saturated carbocycles. The fourth-order valence-corrected chi connectivity index (χ4v) is 1.00. The lowest BCUT2D eigenvalue weighted by atomic mass is 10.0. The number of ether oxygens (including phenoxy) is 1. The minimum Gasteiger partial charge on any atom is -0.461 e.